The maximum atomic E-state index is 13.6. The average molecular weight is 613 g/mol. The van der Waals surface area contributed by atoms with E-state index < -0.39 is 71.7 Å². The number of hydrogen-bond donors (Lipinski definition) is 0. The molecule has 1 aliphatic heterocycles. The molecule has 2 heterocycles. The first kappa shape index (κ1) is 30.6. The van der Waals surface area contributed by atoms with Gasteiger partial charge < -0.3 is 9.47 Å². The molecule has 0 spiro atoms. The Balaban J connectivity index is 1.73. The standard InChI is InChI=1S/C26H21F9N2O3S/c1-12-21(14-6-17(25(30,31)32)9-18(7-14)26(33,34)35)40-23(38)37(12)10-15-8-16(24(27,28)29)4-5-19(15)22-36-20(11-41-22)13(2)39-3/h4-9,11-13,21H,10H2,1-3H3/t12-,13?,21-/m0/s1. The van der Waals surface area contributed by atoms with Gasteiger partial charge in [0, 0.05) is 18.1 Å². The van der Waals surface area contributed by atoms with Gasteiger partial charge in [-0.15, -0.1) is 11.3 Å². The highest BCUT2D eigenvalue weighted by molar-refractivity contribution is 7.13. The number of alkyl halides is 9. The van der Waals surface area contributed by atoms with E-state index in [4.69, 9.17) is 9.47 Å². The lowest BCUT2D eigenvalue weighted by Gasteiger charge is -2.23. The minimum Gasteiger partial charge on any atom is -0.439 e. The number of methoxy groups -OCH3 is 1. The lowest BCUT2D eigenvalue weighted by Crippen LogP contribution is -2.32. The second-order valence-corrected chi connectivity index (χ2v) is 10.2. The van der Waals surface area contributed by atoms with Gasteiger partial charge in [0.2, 0.25) is 0 Å². The molecule has 1 aromatic heterocycles. The van der Waals surface area contributed by atoms with E-state index in [-0.39, 0.29) is 17.2 Å². The largest absolute Gasteiger partial charge is 0.439 e. The van der Waals surface area contributed by atoms with Gasteiger partial charge in [-0.05, 0) is 55.3 Å². The van der Waals surface area contributed by atoms with E-state index in [1.54, 1.807) is 12.3 Å². The third-order valence-corrected chi connectivity index (χ3v) is 7.52. The van der Waals surface area contributed by atoms with Crippen molar-refractivity contribution in [3.63, 3.8) is 0 Å². The topological polar surface area (TPSA) is 51.7 Å². The first-order valence-corrected chi connectivity index (χ1v) is 12.7. The monoisotopic (exact) mass is 612 g/mol. The quantitative estimate of drug-likeness (QED) is 0.262. The molecule has 41 heavy (non-hydrogen) atoms. The van der Waals surface area contributed by atoms with Crippen molar-refractivity contribution in [3.05, 3.63) is 75.3 Å². The Morgan fingerprint density at radius 3 is 2.07 bits per heavy atom. The van der Waals surface area contributed by atoms with Crippen LogP contribution in [0, 0.1) is 0 Å². The van der Waals surface area contributed by atoms with Crippen LogP contribution in [0.4, 0.5) is 44.3 Å². The van der Waals surface area contributed by atoms with Crippen molar-refractivity contribution in [1.82, 2.24) is 9.88 Å². The third-order valence-electron chi connectivity index (χ3n) is 6.63. The van der Waals surface area contributed by atoms with Crippen molar-refractivity contribution in [2.24, 2.45) is 0 Å². The number of cyclic esters (lactones) is 1. The molecule has 1 saturated heterocycles. The van der Waals surface area contributed by atoms with Crippen molar-refractivity contribution < 1.29 is 53.8 Å². The molecule has 0 radical (unpaired) electrons. The number of carbonyl (C=O) groups excluding carboxylic acids is 1. The Kier molecular flexibility index (Phi) is 8.08. The van der Waals surface area contributed by atoms with Crippen LogP contribution in [0.3, 0.4) is 0 Å². The first-order chi connectivity index (χ1) is 18.9. The number of aromatic nitrogens is 1. The summed E-state index contributed by atoms with van der Waals surface area (Å²) in [6, 6.07) is 2.56. The van der Waals surface area contributed by atoms with Gasteiger partial charge in [-0.25, -0.2) is 9.78 Å². The van der Waals surface area contributed by atoms with Crippen molar-refractivity contribution in [1.29, 1.82) is 0 Å². The van der Waals surface area contributed by atoms with Crippen LogP contribution in [0.5, 0.6) is 0 Å². The number of halogens is 9. The second kappa shape index (κ2) is 10.8. The molecule has 2 aromatic carbocycles. The van der Waals surface area contributed by atoms with Gasteiger partial charge in [-0.3, -0.25) is 4.90 Å². The summed E-state index contributed by atoms with van der Waals surface area (Å²) in [6.45, 7) is 2.54. The van der Waals surface area contributed by atoms with E-state index >= 15 is 0 Å². The molecule has 3 aromatic rings. The van der Waals surface area contributed by atoms with Gasteiger partial charge >= 0.3 is 24.6 Å². The van der Waals surface area contributed by atoms with Crippen LogP contribution in [0.1, 0.15) is 59.6 Å². The van der Waals surface area contributed by atoms with E-state index in [1.165, 1.54) is 20.1 Å². The number of carbonyl (C=O) groups is 1. The summed E-state index contributed by atoms with van der Waals surface area (Å²) in [7, 11) is 1.45. The summed E-state index contributed by atoms with van der Waals surface area (Å²) in [5.74, 6) is 0. The molecule has 5 nitrogen and oxygen atoms in total. The van der Waals surface area contributed by atoms with Crippen LogP contribution in [0.25, 0.3) is 10.6 Å². The average Bonchev–Trinajstić information content (AvgIpc) is 3.47. The summed E-state index contributed by atoms with van der Waals surface area (Å²) in [5.41, 5.74) is -4.00. The summed E-state index contributed by atoms with van der Waals surface area (Å²) in [6.07, 6.45) is -18.1. The molecule has 3 atom stereocenters. The summed E-state index contributed by atoms with van der Waals surface area (Å²) in [5, 5.41) is 1.97. The van der Waals surface area contributed by atoms with Gasteiger partial charge in [0.05, 0.1) is 41.1 Å². The third kappa shape index (κ3) is 6.45. The zero-order valence-corrected chi connectivity index (χ0v) is 22.2. The van der Waals surface area contributed by atoms with E-state index in [0.717, 1.165) is 28.4 Å². The van der Waals surface area contributed by atoms with Gasteiger partial charge in [-0.1, -0.05) is 6.07 Å². The molecule has 0 bridgehead atoms. The highest BCUT2D eigenvalue weighted by Gasteiger charge is 2.43. The lowest BCUT2D eigenvalue weighted by molar-refractivity contribution is -0.143. The fraction of sp³-hybridized carbons (Fsp3) is 0.385. The number of ether oxygens (including phenoxy) is 2. The predicted molar refractivity (Wildman–Crippen MR) is 129 cm³/mol. The van der Waals surface area contributed by atoms with E-state index in [1.807, 2.05) is 0 Å². The van der Waals surface area contributed by atoms with Crippen LogP contribution >= 0.6 is 11.3 Å². The number of amides is 1. The highest BCUT2D eigenvalue weighted by atomic mass is 32.1. The van der Waals surface area contributed by atoms with Crippen LogP contribution in [-0.2, 0) is 34.5 Å². The SMILES string of the molecule is COC(C)c1csc(-c2ccc(C(F)(F)F)cc2CN2C(=O)O[C@H](c3cc(C(F)(F)F)cc(C(F)(F)F)c3)[C@@H]2C)n1. The minimum absolute atomic E-state index is 0.00438. The Morgan fingerprint density at radius 1 is 0.951 bits per heavy atom. The molecular weight excluding hydrogens is 591 g/mol. The normalized spacial score (nSPS) is 19.0. The summed E-state index contributed by atoms with van der Waals surface area (Å²) >= 11 is 1.12. The van der Waals surface area contributed by atoms with Crippen molar-refractivity contribution in [2.45, 2.75) is 57.2 Å². The molecule has 1 amide bonds. The Hall–Kier alpha value is -3.33. The molecule has 0 aliphatic carbocycles. The Morgan fingerprint density at radius 2 is 1.54 bits per heavy atom. The van der Waals surface area contributed by atoms with Crippen molar-refractivity contribution in [3.8, 4) is 10.6 Å². The summed E-state index contributed by atoms with van der Waals surface area (Å²) < 4.78 is 131. The molecular formula is C26H21F9N2O3S. The van der Waals surface area contributed by atoms with Crippen LogP contribution in [0.2, 0.25) is 0 Å². The fourth-order valence-electron chi connectivity index (χ4n) is 4.31. The zero-order chi connectivity index (χ0) is 30.5. The molecule has 1 unspecified atom stereocenters. The molecule has 15 heteroatoms. The molecule has 1 fully saturated rings. The number of nitrogens with zero attached hydrogens (tertiary/aromatic N) is 2. The second-order valence-electron chi connectivity index (χ2n) is 9.34. The number of rotatable bonds is 6. The zero-order valence-electron chi connectivity index (χ0n) is 21.4. The lowest BCUT2D eigenvalue weighted by atomic mass is 9.97. The first-order valence-electron chi connectivity index (χ1n) is 11.9. The molecule has 0 N–H and O–H groups in total. The van der Waals surface area contributed by atoms with Crippen LogP contribution < -0.4 is 0 Å². The van der Waals surface area contributed by atoms with Gasteiger partial charge in [0.25, 0.3) is 0 Å². The van der Waals surface area contributed by atoms with Crippen molar-refractivity contribution >= 4 is 17.4 Å². The Labute approximate surface area is 231 Å². The smallest absolute Gasteiger partial charge is 0.416 e. The van der Waals surface area contributed by atoms with E-state index in [0.29, 0.717) is 22.8 Å². The predicted octanol–water partition coefficient (Wildman–Crippen LogP) is 8.66. The van der Waals surface area contributed by atoms with Crippen LogP contribution in [-0.4, -0.2) is 29.1 Å². The molecule has 222 valence electrons. The molecule has 0 saturated carbocycles. The fourth-order valence-corrected chi connectivity index (χ4v) is 5.27. The van der Waals surface area contributed by atoms with Gasteiger partial charge in [-0.2, -0.15) is 39.5 Å². The number of thiazole rings is 1. The maximum absolute atomic E-state index is 13.6. The highest BCUT2D eigenvalue weighted by Crippen LogP contribution is 2.42. The van der Waals surface area contributed by atoms with E-state index in [9.17, 15) is 44.3 Å². The van der Waals surface area contributed by atoms with Gasteiger partial charge in [0.1, 0.15) is 11.1 Å². The van der Waals surface area contributed by atoms with Gasteiger partial charge in [0.15, 0.2) is 0 Å². The molecule has 4 rings (SSSR count). The number of hydrogen-bond acceptors (Lipinski definition) is 5. The number of benzene rings is 2. The van der Waals surface area contributed by atoms with Crippen LogP contribution in [0.15, 0.2) is 41.8 Å². The Bertz CT molecular complexity index is 1400. The maximum Gasteiger partial charge on any atom is 0.416 e. The minimum atomic E-state index is -5.12. The van der Waals surface area contributed by atoms with E-state index in [2.05, 4.69) is 4.98 Å². The summed E-state index contributed by atoms with van der Waals surface area (Å²) in [4.78, 5) is 18.2. The molecule has 1 aliphatic rings. The van der Waals surface area contributed by atoms with Crippen molar-refractivity contribution in [2.75, 3.05) is 7.11 Å².